The first-order valence-corrected chi connectivity index (χ1v) is 9.05. The number of halogens is 1. The summed E-state index contributed by atoms with van der Waals surface area (Å²) >= 11 is 0. The van der Waals surface area contributed by atoms with Crippen LogP contribution in [0, 0.1) is 0 Å². The number of aliphatic imine (C=N–C) groups is 1. The summed E-state index contributed by atoms with van der Waals surface area (Å²) in [6, 6.07) is 10.2. The third kappa shape index (κ3) is 8.11. The molecule has 1 heterocycles. The molecular formula is C20H30IN5O. The van der Waals surface area contributed by atoms with Crippen molar-refractivity contribution in [1.29, 1.82) is 0 Å². The molecule has 1 aromatic carbocycles. The van der Waals surface area contributed by atoms with Gasteiger partial charge in [0.15, 0.2) is 5.96 Å². The smallest absolute Gasteiger partial charge is 0.242 e. The van der Waals surface area contributed by atoms with Gasteiger partial charge in [0.25, 0.3) is 0 Å². The van der Waals surface area contributed by atoms with Crippen LogP contribution in [0.4, 0.5) is 0 Å². The van der Waals surface area contributed by atoms with Crippen LogP contribution in [0.25, 0.3) is 10.9 Å². The molecule has 2 aromatic rings. The number of hydrogen-bond acceptors (Lipinski definition) is 3. The molecular weight excluding hydrogens is 453 g/mol. The van der Waals surface area contributed by atoms with Gasteiger partial charge in [0.05, 0.1) is 5.52 Å². The molecule has 6 nitrogen and oxygen atoms in total. The first kappa shape index (κ1) is 23.1. The summed E-state index contributed by atoms with van der Waals surface area (Å²) in [4.78, 5) is 20.8. The number of carbonyl (C=O) groups is 1. The van der Waals surface area contributed by atoms with Crippen molar-refractivity contribution in [3.63, 3.8) is 0 Å². The van der Waals surface area contributed by atoms with E-state index in [2.05, 4.69) is 50.2 Å². The van der Waals surface area contributed by atoms with Gasteiger partial charge in [-0.3, -0.25) is 9.78 Å². The molecule has 0 aliphatic rings. The van der Waals surface area contributed by atoms with Gasteiger partial charge in [0, 0.05) is 30.2 Å². The average Bonchev–Trinajstić information content (AvgIpc) is 2.58. The molecule has 7 heteroatoms. The number of benzene rings is 1. The first-order chi connectivity index (χ1) is 12.4. The van der Waals surface area contributed by atoms with Gasteiger partial charge in [0.1, 0.15) is 6.54 Å². The molecule has 0 aliphatic heterocycles. The summed E-state index contributed by atoms with van der Waals surface area (Å²) in [5.74, 6) is 0.553. The Morgan fingerprint density at radius 3 is 2.59 bits per heavy atom. The van der Waals surface area contributed by atoms with Gasteiger partial charge >= 0.3 is 0 Å². The monoisotopic (exact) mass is 483 g/mol. The van der Waals surface area contributed by atoms with Crippen molar-refractivity contribution in [2.75, 3.05) is 19.6 Å². The molecule has 1 amide bonds. The highest BCUT2D eigenvalue weighted by Crippen LogP contribution is 2.15. The Hall–Kier alpha value is -1.90. The second-order valence-corrected chi connectivity index (χ2v) is 7.16. The fourth-order valence-electron chi connectivity index (χ4n) is 2.64. The number of amides is 1. The Bertz CT molecular complexity index is 765. The van der Waals surface area contributed by atoms with Crippen LogP contribution in [0.15, 0.2) is 41.5 Å². The van der Waals surface area contributed by atoms with Gasteiger partial charge in [-0.25, -0.2) is 4.99 Å². The number of guanidine groups is 1. The van der Waals surface area contributed by atoms with E-state index in [1.807, 2.05) is 40.0 Å². The summed E-state index contributed by atoms with van der Waals surface area (Å²) in [7, 11) is 0. The zero-order chi connectivity index (χ0) is 19.0. The molecule has 0 bridgehead atoms. The minimum absolute atomic E-state index is 0. The molecule has 0 saturated carbocycles. The minimum Gasteiger partial charge on any atom is -0.357 e. The predicted octanol–water partition coefficient (Wildman–Crippen LogP) is 2.87. The maximum atomic E-state index is 11.9. The molecule has 1 aromatic heterocycles. The minimum atomic E-state index is -0.250. The zero-order valence-corrected chi connectivity index (χ0v) is 18.8. The fourth-order valence-corrected chi connectivity index (χ4v) is 2.64. The second kappa shape index (κ2) is 11.1. The average molecular weight is 483 g/mol. The molecule has 0 atom stereocenters. The molecule has 0 saturated heterocycles. The standard InChI is InChI=1S/C20H29N5O.HI/c1-5-21-19(24-14-17(26)25-20(2,3)4)23-13-11-16-9-6-8-15-10-7-12-22-18(15)16;/h6-10,12H,5,11,13-14H2,1-4H3,(H,25,26)(H2,21,23,24);1H. The van der Waals surface area contributed by atoms with Gasteiger partial charge in [-0.15, -0.1) is 24.0 Å². The summed E-state index contributed by atoms with van der Waals surface area (Å²) in [6.45, 7) is 9.41. The highest BCUT2D eigenvalue weighted by molar-refractivity contribution is 14.0. The molecule has 0 aliphatic carbocycles. The van der Waals surface area contributed by atoms with Crippen molar-refractivity contribution in [3.8, 4) is 0 Å². The number of para-hydroxylation sites is 1. The highest BCUT2D eigenvalue weighted by atomic mass is 127. The molecule has 0 fully saturated rings. The maximum absolute atomic E-state index is 11.9. The van der Waals surface area contributed by atoms with Gasteiger partial charge in [0.2, 0.25) is 5.91 Å². The normalized spacial score (nSPS) is 11.6. The van der Waals surface area contributed by atoms with Gasteiger partial charge in [-0.1, -0.05) is 24.3 Å². The number of pyridine rings is 1. The lowest BCUT2D eigenvalue weighted by atomic mass is 10.1. The van der Waals surface area contributed by atoms with E-state index in [1.165, 1.54) is 5.56 Å². The van der Waals surface area contributed by atoms with E-state index in [-0.39, 0.29) is 42.0 Å². The van der Waals surface area contributed by atoms with E-state index < -0.39 is 0 Å². The summed E-state index contributed by atoms with van der Waals surface area (Å²) in [6.07, 6.45) is 2.64. The van der Waals surface area contributed by atoms with E-state index in [0.29, 0.717) is 12.5 Å². The lowest BCUT2D eigenvalue weighted by Crippen LogP contribution is -2.43. The number of fused-ring (bicyclic) bond motifs is 1. The van der Waals surface area contributed by atoms with Crippen LogP contribution in [0.5, 0.6) is 0 Å². The Kier molecular flexibility index (Phi) is 9.48. The van der Waals surface area contributed by atoms with Crippen LogP contribution < -0.4 is 16.0 Å². The van der Waals surface area contributed by atoms with E-state index in [1.54, 1.807) is 0 Å². The van der Waals surface area contributed by atoms with Crippen molar-refractivity contribution in [3.05, 3.63) is 42.1 Å². The molecule has 2 rings (SSSR count). The Morgan fingerprint density at radius 2 is 1.89 bits per heavy atom. The van der Waals surface area contributed by atoms with Crippen LogP contribution in [0.1, 0.15) is 33.3 Å². The van der Waals surface area contributed by atoms with Crippen LogP contribution in [-0.2, 0) is 11.2 Å². The van der Waals surface area contributed by atoms with Crippen LogP contribution >= 0.6 is 24.0 Å². The largest absolute Gasteiger partial charge is 0.357 e. The van der Waals surface area contributed by atoms with Crippen molar-refractivity contribution in [2.45, 2.75) is 39.7 Å². The van der Waals surface area contributed by atoms with Crippen LogP contribution in [-0.4, -0.2) is 42.0 Å². The summed E-state index contributed by atoms with van der Waals surface area (Å²) in [5, 5.41) is 10.5. The number of rotatable bonds is 6. The van der Waals surface area contributed by atoms with Crippen molar-refractivity contribution >= 4 is 46.7 Å². The van der Waals surface area contributed by atoms with Crippen molar-refractivity contribution in [1.82, 2.24) is 20.9 Å². The predicted molar refractivity (Wildman–Crippen MR) is 123 cm³/mol. The number of nitrogens with one attached hydrogen (secondary N) is 3. The Labute approximate surface area is 178 Å². The summed E-state index contributed by atoms with van der Waals surface area (Å²) < 4.78 is 0. The Balaban J connectivity index is 0.00000364. The first-order valence-electron chi connectivity index (χ1n) is 9.05. The SMILES string of the molecule is CCNC(=NCC(=O)NC(C)(C)C)NCCc1cccc2cccnc12.I. The lowest BCUT2D eigenvalue weighted by Gasteiger charge is -2.20. The van der Waals surface area contributed by atoms with E-state index in [9.17, 15) is 4.79 Å². The highest BCUT2D eigenvalue weighted by Gasteiger charge is 2.13. The van der Waals surface area contributed by atoms with Crippen LogP contribution in [0.2, 0.25) is 0 Å². The van der Waals surface area contributed by atoms with Gasteiger partial charge < -0.3 is 16.0 Å². The topological polar surface area (TPSA) is 78.4 Å². The van der Waals surface area contributed by atoms with Gasteiger partial charge in [-0.2, -0.15) is 0 Å². The number of hydrogen-bond donors (Lipinski definition) is 3. The number of carbonyl (C=O) groups excluding carboxylic acids is 1. The third-order valence-electron chi connectivity index (χ3n) is 3.64. The lowest BCUT2D eigenvalue weighted by molar-refractivity contribution is -0.121. The molecule has 3 N–H and O–H groups in total. The zero-order valence-electron chi connectivity index (χ0n) is 16.5. The molecule has 27 heavy (non-hydrogen) atoms. The molecule has 0 unspecified atom stereocenters. The maximum Gasteiger partial charge on any atom is 0.242 e. The van der Waals surface area contributed by atoms with E-state index in [4.69, 9.17) is 0 Å². The van der Waals surface area contributed by atoms with Crippen LogP contribution in [0.3, 0.4) is 0 Å². The van der Waals surface area contributed by atoms with E-state index >= 15 is 0 Å². The second-order valence-electron chi connectivity index (χ2n) is 7.16. The molecule has 0 spiro atoms. The Morgan fingerprint density at radius 1 is 1.15 bits per heavy atom. The fraction of sp³-hybridized carbons (Fsp3) is 0.450. The quantitative estimate of drug-likeness (QED) is 0.336. The van der Waals surface area contributed by atoms with Crippen molar-refractivity contribution in [2.24, 2.45) is 4.99 Å². The molecule has 148 valence electrons. The van der Waals surface area contributed by atoms with Gasteiger partial charge in [-0.05, 0) is 45.7 Å². The summed E-state index contributed by atoms with van der Waals surface area (Å²) in [5.41, 5.74) is 1.97. The van der Waals surface area contributed by atoms with Crippen molar-refractivity contribution < 1.29 is 4.79 Å². The van der Waals surface area contributed by atoms with E-state index in [0.717, 1.165) is 23.9 Å². The number of nitrogens with zero attached hydrogens (tertiary/aromatic N) is 2. The third-order valence-corrected chi connectivity index (χ3v) is 3.64. The number of aromatic nitrogens is 1. The molecule has 0 radical (unpaired) electrons.